The summed E-state index contributed by atoms with van der Waals surface area (Å²) in [6.45, 7) is 4.58. The van der Waals surface area contributed by atoms with Crippen LogP contribution in [-0.4, -0.2) is 17.0 Å². The maximum Gasteiger partial charge on any atom is 0.249 e. The summed E-state index contributed by atoms with van der Waals surface area (Å²) in [4.78, 5) is 16.1. The van der Waals surface area contributed by atoms with E-state index in [1.54, 1.807) is 13.1 Å². The van der Waals surface area contributed by atoms with Gasteiger partial charge in [-0.2, -0.15) is 0 Å². The van der Waals surface area contributed by atoms with Crippen molar-refractivity contribution in [1.82, 2.24) is 10.3 Å². The van der Waals surface area contributed by atoms with E-state index in [2.05, 4.69) is 10.3 Å². The van der Waals surface area contributed by atoms with Crippen LogP contribution in [0.4, 0.5) is 0 Å². The van der Waals surface area contributed by atoms with Crippen molar-refractivity contribution in [3.05, 3.63) is 65.5 Å². The number of nitrogens with one attached hydrogen (secondary N) is 1. The van der Waals surface area contributed by atoms with Crippen molar-refractivity contribution in [2.75, 3.05) is 0 Å². The van der Waals surface area contributed by atoms with Gasteiger partial charge in [0, 0.05) is 18.4 Å². The maximum absolute atomic E-state index is 11.9. The number of carbonyl (C=O) groups excluding carboxylic acids is 1. The van der Waals surface area contributed by atoms with Gasteiger partial charge in [-0.3, -0.25) is 9.78 Å². The number of pyridine rings is 1. The highest BCUT2D eigenvalue weighted by Gasteiger charge is 2.12. The number of carbonyl (C=O) groups is 1. The Labute approximate surface area is 125 Å². The molecule has 0 saturated carbocycles. The van der Waals surface area contributed by atoms with Crippen LogP contribution in [0.2, 0.25) is 0 Å². The maximum atomic E-state index is 11.9. The molecule has 1 heterocycles. The van der Waals surface area contributed by atoms with Gasteiger partial charge >= 0.3 is 0 Å². The fraction of sp³-hybridized carbons (Fsp3) is 0.294. The molecule has 0 bridgehead atoms. The number of amides is 1. The highest BCUT2D eigenvalue weighted by Crippen LogP contribution is 2.04. The lowest BCUT2D eigenvalue weighted by Crippen LogP contribution is -2.34. The Morgan fingerprint density at radius 1 is 1.19 bits per heavy atom. The van der Waals surface area contributed by atoms with Crippen molar-refractivity contribution < 1.29 is 9.53 Å². The van der Waals surface area contributed by atoms with Gasteiger partial charge in [0.2, 0.25) is 5.91 Å². The van der Waals surface area contributed by atoms with Crippen LogP contribution in [0.15, 0.2) is 48.7 Å². The van der Waals surface area contributed by atoms with Gasteiger partial charge in [-0.1, -0.05) is 36.4 Å². The first-order valence-electron chi connectivity index (χ1n) is 7.00. The van der Waals surface area contributed by atoms with Gasteiger partial charge < -0.3 is 10.1 Å². The van der Waals surface area contributed by atoms with Gasteiger partial charge in [-0.25, -0.2) is 0 Å². The molecule has 0 saturated heterocycles. The average Bonchev–Trinajstić information content (AvgIpc) is 2.52. The molecular weight excluding hydrogens is 264 g/mol. The molecule has 1 aromatic heterocycles. The highest BCUT2D eigenvalue weighted by molar-refractivity contribution is 5.80. The largest absolute Gasteiger partial charge is 0.364 e. The number of aromatic nitrogens is 1. The summed E-state index contributed by atoms with van der Waals surface area (Å²) >= 11 is 0. The quantitative estimate of drug-likeness (QED) is 0.887. The smallest absolute Gasteiger partial charge is 0.249 e. The first-order valence-corrected chi connectivity index (χ1v) is 7.00. The van der Waals surface area contributed by atoms with Crippen molar-refractivity contribution in [2.45, 2.75) is 33.1 Å². The molecule has 4 nitrogen and oxygen atoms in total. The summed E-state index contributed by atoms with van der Waals surface area (Å²) in [5.41, 5.74) is 2.99. The Kier molecular flexibility index (Phi) is 5.46. The third-order valence-corrected chi connectivity index (χ3v) is 3.15. The highest BCUT2D eigenvalue weighted by atomic mass is 16.5. The molecule has 1 unspecified atom stereocenters. The molecule has 0 spiro atoms. The zero-order chi connectivity index (χ0) is 15.1. The average molecular weight is 284 g/mol. The first kappa shape index (κ1) is 15.2. The molecular formula is C17H20N2O2. The number of ether oxygens (including phenoxy) is 1. The van der Waals surface area contributed by atoms with E-state index in [-0.39, 0.29) is 5.91 Å². The molecule has 2 aromatic rings. The number of benzene rings is 1. The predicted molar refractivity (Wildman–Crippen MR) is 81.5 cm³/mol. The summed E-state index contributed by atoms with van der Waals surface area (Å²) in [5, 5.41) is 2.85. The zero-order valence-electron chi connectivity index (χ0n) is 12.4. The Bertz CT molecular complexity index is 567. The molecule has 1 aromatic carbocycles. The molecule has 0 aliphatic rings. The minimum atomic E-state index is -0.483. The summed E-state index contributed by atoms with van der Waals surface area (Å²) in [6.07, 6.45) is 1.29. The Morgan fingerprint density at radius 3 is 2.62 bits per heavy atom. The van der Waals surface area contributed by atoms with Crippen LogP contribution in [0.1, 0.15) is 23.7 Å². The SMILES string of the molecule is Cc1ccc(CNC(=O)C(C)OCc2ccccc2)cn1. The van der Waals surface area contributed by atoms with Crippen molar-refractivity contribution in [1.29, 1.82) is 0 Å². The number of nitrogens with zero attached hydrogens (tertiary/aromatic N) is 1. The predicted octanol–water partition coefficient (Wildman–Crippen LogP) is 2.61. The van der Waals surface area contributed by atoms with Gasteiger partial charge in [-0.05, 0) is 31.0 Å². The second-order valence-corrected chi connectivity index (χ2v) is 4.96. The molecule has 110 valence electrons. The van der Waals surface area contributed by atoms with Gasteiger partial charge in [0.1, 0.15) is 6.10 Å². The van der Waals surface area contributed by atoms with Gasteiger partial charge in [0.05, 0.1) is 6.61 Å². The number of hydrogen-bond acceptors (Lipinski definition) is 3. The lowest BCUT2D eigenvalue weighted by atomic mass is 10.2. The molecule has 0 radical (unpaired) electrons. The molecule has 0 fully saturated rings. The fourth-order valence-corrected chi connectivity index (χ4v) is 1.81. The van der Waals surface area contributed by atoms with Crippen molar-refractivity contribution in [2.24, 2.45) is 0 Å². The number of aryl methyl sites for hydroxylation is 1. The van der Waals surface area contributed by atoms with Gasteiger partial charge in [0.15, 0.2) is 0 Å². The topological polar surface area (TPSA) is 51.2 Å². The van der Waals surface area contributed by atoms with Crippen LogP contribution in [-0.2, 0) is 22.7 Å². The van der Waals surface area contributed by atoms with E-state index in [0.717, 1.165) is 16.8 Å². The Morgan fingerprint density at radius 2 is 1.95 bits per heavy atom. The van der Waals surface area contributed by atoms with E-state index in [1.807, 2.05) is 49.4 Å². The summed E-state index contributed by atoms with van der Waals surface area (Å²) in [6, 6.07) is 13.7. The lowest BCUT2D eigenvalue weighted by molar-refractivity contribution is -0.132. The minimum absolute atomic E-state index is 0.119. The minimum Gasteiger partial charge on any atom is -0.364 e. The monoisotopic (exact) mass is 284 g/mol. The van der Waals surface area contributed by atoms with E-state index >= 15 is 0 Å². The second-order valence-electron chi connectivity index (χ2n) is 4.96. The van der Waals surface area contributed by atoms with Crippen molar-refractivity contribution in [3.8, 4) is 0 Å². The molecule has 1 N–H and O–H groups in total. The fourth-order valence-electron chi connectivity index (χ4n) is 1.81. The standard InChI is InChI=1S/C17H20N2O2/c1-13-8-9-16(10-18-13)11-19-17(20)14(2)21-12-15-6-4-3-5-7-15/h3-10,14H,11-12H2,1-2H3,(H,19,20). The van der Waals surface area contributed by atoms with Gasteiger partial charge in [-0.15, -0.1) is 0 Å². The van der Waals surface area contributed by atoms with Crippen LogP contribution >= 0.6 is 0 Å². The lowest BCUT2D eigenvalue weighted by Gasteiger charge is -2.13. The van der Waals surface area contributed by atoms with E-state index in [4.69, 9.17) is 4.74 Å². The Hall–Kier alpha value is -2.20. The molecule has 1 atom stereocenters. The summed E-state index contributed by atoms with van der Waals surface area (Å²) < 4.78 is 5.57. The molecule has 2 rings (SSSR count). The third-order valence-electron chi connectivity index (χ3n) is 3.15. The van der Waals surface area contributed by atoms with Crippen LogP contribution < -0.4 is 5.32 Å². The van der Waals surface area contributed by atoms with Crippen LogP contribution in [0.3, 0.4) is 0 Å². The number of rotatable bonds is 6. The number of hydrogen-bond donors (Lipinski definition) is 1. The van der Waals surface area contributed by atoms with Crippen LogP contribution in [0.5, 0.6) is 0 Å². The molecule has 21 heavy (non-hydrogen) atoms. The van der Waals surface area contributed by atoms with Gasteiger partial charge in [0.25, 0.3) is 0 Å². The Balaban J connectivity index is 1.76. The zero-order valence-corrected chi connectivity index (χ0v) is 12.4. The molecule has 0 aliphatic carbocycles. The molecule has 0 aliphatic heterocycles. The normalized spacial score (nSPS) is 11.9. The van der Waals surface area contributed by atoms with Crippen molar-refractivity contribution >= 4 is 5.91 Å². The van der Waals surface area contributed by atoms with E-state index in [9.17, 15) is 4.79 Å². The molecule has 4 heteroatoms. The summed E-state index contributed by atoms with van der Waals surface area (Å²) in [5.74, 6) is -0.119. The first-order chi connectivity index (χ1) is 10.1. The molecule has 1 amide bonds. The van der Waals surface area contributed by atoms with E-state index in [0.29, 0.717) is 13.2 Å². The third kappa shape index (κ3) is 5.00. The van der Waals surface area contributed by atoms with E-state index in [1.165, 1.54) is 0 Å². The van der Waals surface area contributed by atoms with Crippen LogP contribution in [0, 0.1) is 6.92 Å². The summed E-state index contributed by atoms with van der Waals surface area (Å²) in [7, 11) is 0. The second kappa shape index (κ2) is 7.55. The van der Waals surface area contributed by atoms with E-state index < -0.39 is 6.10 Å². The van der Waals surface area contributed by atoms with Crippen molar-refractivity contribution in [3.63, 3.8) is 0 Å². The van der Waals surface area contributed by atoms with Crippen LogP contribution in [0.25, 0.3) is 0 Å².